The molecule has 1 unspecified atom stereocenters. The van der Waals surface area contributed by atoms with Gasteiger partial charge in [0.1, 0.15) is 11.6 Å². The van der Waals surface area contributed by atoms with Crippen molar-refractivity contribution < 1.29 is 27.5 Å². The minimum atomic E-state index is -4.98. The maximum atomic E-state index is 13.3. The predicted octanol–water partition coefficient (Wildman–Crippen LogP) is 2.13. The van der Waals surface area contributed by atoms with Gasteiger partial charge in [0.2, 0.25) is 5.60 Å². The Balaban J connectivity index is 2.10. The van der Waals surface area contributed by atoms with Crippen LogP contribution in [0.3, 0.4) is 0 Å². The van der Waals surface area contributed by atoms with Crippen molar-refractivity contribution in [2.75, 3.05) is 6.54 Å². The van der Waals surface area contributed by atoms with Gasteiger partial charge in [-0.25, -0.2) is 9.37 Å². The largest absolute Gasteiger partial charge is 0.424 e. The van der Waals surface area contributed by atoms with Gasteiger partial charge in [-0.15, -0.1) is 0 Å². The highest BCUT2D eigenvalue weighted by atomic mass is 19.4. The summed E-state index contributed by atoms with van der Waals surface area (Å²) in [6.45, 7) is -0.474. The highest BCUT2D eigenvalue weighted by Crippen LogP contribution is 2.40. The molecule has 0 spiro atoms. The standard InChI is InChI=1S/C15H15F4N3O2/c1-22-8-7-21-13(22)14(24,15(17,18)19)5-6-20-12(23)10-3-2-4-11(16)9-10/h2-4,7-9,24H,5-6H2,1H3,(H,20,23). The Morgan fingerprint density at radius 1 is 1.38 bits per heavy atom. The summed E-state index contributed by atoms with van der Waals surface area (Å²) in [7, 11) is 1.32. The lowest BCUT2D eigenvalue weighted by Crippen LogP contribution is -2.46. The van der Waals surface area contributed by atoms with Crippen LogP contribution in [-0.4, -0.2) is 33.3 Å². The lowest BCUT2D eigenvalue weighted by atomic mass is 9.97. The summed E-state index contributed by atoms with van der Waals surface area (Å²) in [5.74, 6) is -1.95. The molecule has 0 aliphatic carbocycles. The zero-order chi connectivity index (χ0) is 18.0. The Bertz CT molecular complexity index is 730. The van der Waals surface area contributed by atoms with Crippen LogP contribution in [0.1, 0.15) is 22.6 Å². The number of nitrogens with zero attached hydrogens (tertiary/aromatic N) is 2. The topological polar surface area (TPSA) is 67.2 Å². The van der Waals surface area contributed by atoms with Crippen LogP contribution in [0.25, 0.3) is 0 Å². The number of hydrogen-bond acceptors (Lipinski definition) is 3. The summed E-state index contributed by atoms with van der Waals surface area (Å²) in [5.41, 5.74) is -3.23. The van der Waals surface area contributed by atoms with E-state index in [0.717, 1.165) is 22.9 Å². The van der Waals surface area contributed by atoms with Crippen LogP contribution < -0.4 is 5.32 Å². The van der Waals surface area contributed by atoms with Crippen molar-refractivity contribution in [2.45, 2.75) is 18.2 Å². The Morgan fingerprint density at radius 3 is 2.62 bits per heavy atom. The molecule has 0 saturated carbocycles. The van der Waals surface area contributed by atoms with E-state index in [9.17, 15) is 27.5 Å². The number of rotatable bonds is 5. The van der Waals surface area contributed by atoms with Gasteiger partial charge in [0.25, 0.3) is 5.91 Å². The monoisotopic (exact) mass is 345 g/mol. The van der Waals surface area contributed by atoms with Gasteiger partial charge in [-0.1, -0.05) is 6.07 Å². The highest BCUT2D eigenvalue weighted by Gasteiger charge is 2.57. The second-order valence-electron chi connectivity index (χ2n) is 5.24. The number of aliphatic hydroxyl groups is 1. The Morgan fingerprint density at radius 2 is 2.08 bits per heavy atom. The molecule has 0 saturated heterocycles. The minimum Gasteiger partial charge on any atom is -0.374 e. The first-order valence-corrected chi connectivity index (χ1v) is 6.96. The third kappa shape index (κ3) is 3.56. The first kappa shape index (κ1) is 17.9. The smallest absolute Gasteiger partial charge is 0.374 e. The zero-order valence-electron chi connectivity index (χ0n) is 12.6. The number of alkyl halides is 3. The molecule has 0 aliphatic heterocycles. The molecule has 0 radical (unpaired) electrons. The van der Waals surface area contributed by atoms with Gasteiger partial charge in [-0.2, -0.15) is 13.2 Å². The van der Waals surface area contributed by atoms with Crippen molar-refractivity contribution in [1.82, 2.24) is 14.9 Å². The average molecular weight is 345 g/mol. The number of carbonyl (C=O) groups excluding carboxylic acids is 1. The maximum absolute atomic E-state index is 13.3. The molecule has 1 amide bonds. The highest BCUT2D eigenvalue weighted by molar-refractivity contribution is 5.94. The van der Waals surface area contributed by atoms with Crippen molar-refractivity contribution in [1.29, 1.82) is 0 Å². The molecule has 0 bridgehead atoms. The van der Waals surface area contributed by atoms with Crippen LogP contribution in [0.4, 0.5) is 17.6 Å². The van der Waals surface area contributed by atoms with Crippen molar-refractivity contribution in [3.63, 3.8) is 0 Å². The second-order valence-corrected chi connectivity index (χ2v) is 5.24. The molecule has 5 nitrogen and oxygen atoms in total. The molecule has 2 N–H and O–H groups in total. The lowest BCUT2D eigenvalue weighted by Gasteiger charge is -2.29. The predicted molar refractivity (Wildman–Crippen MR) is 76.5 cm³/mol. The minimum absolute atomic E-state index is 0.0254. The number of carbonyl (C=O) groups is 1. The van der Waals surface area contributed by atoms with Crippen LogP contribution in [0, 0.1) is 5.82 Å². The van der Waals surface area contributed by atoms with E-state index in [0.29, 0.717) is 0 Å². The van der Waals surface area contributed by atoms with E-state index >= 15 is 0 Å². The van der Waals surface area contributed by atoms with E-state index in [1.54, 1.807) is 0 Å². The summed E-state index contributed by atoms with van der Waals surface area (Å²) in [5, 5.41) is 12.3. The number of nitrogens with one attached hydrogen (secondary N) is 1. The van der Waals surface area contributed by atoms with Gasteiger partial charge in [0, 0.05) is 38.0 Å². The Hall–Kier alpha value is -2.42. The van der Waals surface area contributed by atoms with Crippen LogP contribution >= 0.6 is 0 Å². The van der Waals surface area contributed by atoms with Crippen molar-refractivity contribution in [3.05, 3.63) is 53.9 Å². The lowest BCUT2D eigenvalue weighted by molar-refractivity contribution is -0.272. The van der Waals surface area contributed by atoms with E-state index in [2.05, 4.69) is 10.3 Å². The summed E-state index contributed by atoms with van der Waals surface area (Å²) in [6, 6.07) is 4.74. The average Bonchev–Trinajstić information content (AvgIpc) is 2.92. The molecule has 2 aromatic rings. The van der Waals surface area contributed by atoms with Gasteiger partial charge >= 0.3 is 6.18 Å². The van der Waals surface area contributed by atoms with Gasteiger partial charge in [0.05, 0.1) is 0 Å². The summed E-state index contributed by atoms with van der Waals surface area (Å²) in [4.78, 5) is 15.4. The molecule has 130 valence electrons. The molecular weight excluding hydrogens is 330 g/mol. The number of benzene rings is 1. The zero-order valence-corrected chi connectivity index (χ0v) is 12.6. The summed E-state index contributed by atoms with van der Waals surface area (Å²) < 4.78 is 53.9. The molecule has 0 fully saturated rings. The van der Waals surface area contributed by atoms with E-state index in [1.807, 2.05) is 0 Å². The quantitative estimate of drug-likeness (QED) is 0.816. The maximum Gasteiger partial charge on any atom is 0.424 e. The van der Waals surface area contributed by atoms with Crippen molar-refractivity contribution >= 4 is 5.91 Å². The first-order valence-electron chi connectivity index (χ1n) is 6.96. The molecule has 24 heavy (non-hydrogen) atoms. The number of imidazole rings is 1. The Kier molecular flexibility index (Phi) is 4.93. The fourth-order valence-electron chi connectivity index (χ4n) is 2.23. The Labute approximate surface area is 134 Å². The fourth-order valence-corrected chi connectivity index (χ4v) is 2.23. The van der Waals surface area contributed by atoms with Gasteiger partial charge in [-0.05, 0) is 18.2 Å². The fraction of sp³-hybridized carbons (Fsp3) is 0.333. The number of hydrogen-bond donors (Lipinski definition) is 2. The van der Waals surface area contributed by atoms with E-state index in [1.165, 1.54) is 25.4 Å². The van der Waals surface area contributed by atoms with E-state index in [-0.39, 0.29) is 5.56 Å². The second kappa shape index (κ2) is 6.60. The van der Waals surface area contributed by atoms with E-state index < -0.39 is 42.3 Å². The van der Waals surface area contributed by atoms with Crippen LogP contribution in [0.2, 0.25) is 0 Å². The molecule has 1 aromatic heterocycles. The van der Waals surface area contributed by atoms with Crippen LogP contribution in [-0.2, 0) is 12.6 Å². The third-order valence-corrected chi connectivity index (χ3v) is 3.52. The summed E-state index contributed by atoms with van der Waals surface area (Å²) in [6.07, 6.45) is -3.40. The van der Waals surface area contributed by atoms with Gasteiger partial charge in [0.15, 0.2) is 0 Å². The number of aromatic nitrogens is 2. The van der Waals surface area contributed by atoms with Crippen LogP contribution in [0.15, 0.2) is 36.7 Å². The molecule has 1 aromatic carbocycles. The van der Waals surface area contributed by atoms with Gasteiger partial charge < -0.3 is 15.0 Å². The van der Waals surface area contributed by atoms with E-state index in [4.69, 9.17) is 0 Å². The normalized spacial score (nSPS) is 14.2. The number of halogens is 4. The van der Waals surface area contributed by atoms with Crippen molar-refractivity contribution in [2.24, 2.45) is 7.05 Å². The molecule has 1 heterocycles. The third-order valence-electron chi connectivity index (χ3n) is 3.52. The molecule has 9 heteroatoms. The number of amides is 1. The van der Waals surface area contributed by atoms with Gasteiger partial charge in [-0.3, -0.25) is 4.79 Å². The van der Waals surface area contributed by atoms with Crippen LogP contribution in [0.5, 0.6) is 0 Å². The molecule has 2 rings (SSSR count). The molecular formula is C15H15F4N3O2. The molecule has 1 atom stereocenters. The SMILES string of the molecule is Cn1ccnc1C(O)(CCNC(=O)c1cccc(F)c1)C(F)(F)F. The molecule has 0 aliphatic rings. The van der Waals surface area contributed by atoms with Crippen molar-refractivity contribution in [3.8, 4) is 0 Å². The number of aryl methyl sites for hydroxylation is 1. The summed E-state index contributed by atoms with van der Waals surface area (Å²) >= 11 is 0. The first-order chi connectivity index (χ1) is 11.1.